The van der Waals surface area contributed by atoms with Crippen LogP contribution in [0, 0.1) is 6.92 Å². The second-order valence-electron chi connectivity index (χ2n) is 5.24. The number of hydrogen-bond acceptors (Lipinski definition) is 4. The van der Waals surface area contributed by atoms with Crippen molar-refractivity contribution < 1.29 is 14.3 Å². The van der Waals surface area contributed by atoms with Crippen LogP contribution in [0.3, 0.4) is 0 Å². The van der Waals surface area contributed by atoms with Gasteiger partial charge in [0.15, 0.2) is 0 Å². The Labute approximate surface area is 146 Å². The average Bonchev–Trinajstić information content (AvgIpc) is 2.60. The first-order valence-electron chi connectivity index (χ1n) is 7.51. The lowest BCUT2D eigenvalue weighted by atomic mass is 10.2. The molecule has 0 aromatic heterocycles. The number of aryl methyl sites for hydroxylation is 1. The number of hydrogen-bond donors (Lipinski definition) is 2. The molecule has 0 unspecified atom stereocenters. The van der Waals surface area contributed by atoms with Crippen LogP contribution in [0.4, 0.5) is 5.69 Å². The van der Waals surface area contributed by atoms with E-state index in [9.17, 15) is 4.79 Å². The van der Waals surface area contributed by atoms with Crippen molar-refractivity contribution in [2.45, 2.75) is 13.5 Å². The van der Waals surface area contributed by atoms with Crippen LogP contribution in [-0.2, 0) is 11.3 Å². The smallest absolute Gasteiger partial charge is 0.239 e. The molecule has 2 aromatic rings. The maximum absolute atomic E-state index is 12.1. The molecule has 2 N–H and O–H groups in total. The first kappa shape index (κ1) is 17.9. The number of anilines is 1. The van der Waals surface area contributed by atoms with Crippen molar-refractivity contribution >= 4 is 23.2 Å². The van der Waals surface area contributed by atoms with Gasteiger partial charge in [-0.1, -0.05) is 29.8 Å². The summed E-state index contributed by atoms with van der Waals surface area (Å²) in [6, 6.07) is 11.2. The summed E-state index contributed by atoms with van der Waals surface area (Å²) in [6.07, 6.45) is 0. The molecule has 0 aliphatic rings. The van der Waals surface area contributed by atoms with Crippen molar-refractivity contribution in [3.05, 3.63) is 52.5 Å². The van der Waals surface area contributed by atoms with Crippen molar-refractivity contribution in [1.29, 1.82) is 0 Å². The van der Waals surface area contributed by atoms with E-state index in [0.29, 0.717) is 17.3 Å². The number of halogens is 1. The van der Waals surface area contributed by atoms with Crippen LogP contribution in [0.25, 0.3) is 0 Å². The summed E-state index contributed by atoms with van der Waals surface area (Å²) in [5.41, 5.74) is 2.56. The fraction of sp³-hybridized carbons (Fsp3) is 0.278. The maximum Gasteiger partial charge on any atom is 0.239 e. The van der Waals surface area contributed by atoms with E-state index in [1.165, 1.54) is 0 Å². The number of rotatable bonds is 7. The Morgan fingerprint density at radius 3 is 2.54 bits per heavy atom. The molecular formula is C18H21ClN2O3. The molecule has 24 heavy (non-hydrogen) atoms. The Hall–Kier alpha value is -2.40. The molecule has 0 saturated heterocycles. The van der Waals surface area contributed by atoms with Crippen LogP contribution >= 0.6 is 11.6 Å². The van der Waals surface area contributed by atoms with E-state index >= 15 is 0 Å². The van der Waals surface area contributed by atoms with Crippen LogP contribution in [0.2, 0.25) is 5.02 Å². The minimum absolute atomic E-state index is 0.129. The molecule has 0 spiro atoms. The summed E-state index contributed by atoms with van der Waals surface area (Å²) >= 11 is 6.07. The highest BCUT2D eigenvalue weighted by atomic mass is 35.5. The highest BCUT2D eigenvalue weighted by molar-refractivity contribution is 6.31. The lowest BCUT2D eigenvalue weighted by Gasteiger charge is -2.13. The standard InChI is InChI=1S/C18H21ClN2O3/c1-12-8-15(17(24-3)9-14(12)19)20-11-18(22)21-10-13-6-4-5-7-16(13)23-2/h4-9,20H,10-11H2,1-3H3,(H,21,22). The van der Waals surface area contributed by atoms with Gasteiger partial charge in [0.1, 0.15) is 11.5 Å². The Bertz CT molecular complexity index is 719. The predicted molar refractivity (Wildman–Crippen MR) is 96.1 cm³/mol. The molecule has 6 heteroatoms. The third-order valence-corrected chi connectivity index (χ3v) is 4.00. The summed E-state index contributed by atoms with van der Waals surface area (Å²) < 4.78 is 10.5. The van der Waals surface area contributed by atoms with Gasteiger partial charge in [-0.15, -0.1) is 0 Å². The van der Waals surface area contributed by atoms with E-state index in [-0.39, 0.29) is 12.5 Å². The van der Waals surface area contributed by atoms with Crippen LogP contribution < -0.4 is 20.1 Å². The van der Waals surface area contributed by atoms with E-state index in [0.717, 1.165) is 22.6 Å². The average molecular weight is 349 g/mol. The maximum atomic E-state index is 12.1. The number of methoxy groups -OCH3 is 2. The number of ether oxygens (including phenoxy) is 2. The van der Waals surface area contributed by atoms with Crippen LogP contribution in [0.5, 0.6) is 11.5 Å². The van der Waals surface area contributed by atoms with Gasteiger partial charge in [0.2, 0.25) is 5.91 Å². The molecular weight excluding hydrogens is 328 g/mol. The molecule has 0 aliphatic heterocycles. The van der Waals surface area contributed by atoms with Crippen LogP contribution in [0.15, 0.2) is 36.4 Å². The van der Waals surface area contributed by atoms with Crippen molar-refractivity contribution in [3.8, 4) is 11.5 Å². The van der Waals surface area contributed by atoms with Gasteiger partial charge in [-0.2, -0.15) is 0 Å². The largest absolute Gasteiger partial charge is 0.496 e. The quantitative estimate of drug-likeness (QED) is 0.805. The molecule has 0 radical (unpaired) electrons. The minimum Gasteiger partial charge on any atom is -0.496 e. The second kappa shape index (κ2) is 8.45. The lowest BCUT2D eigenvalue weighted by molar-refractivity contribution is -0.119. The fourth-order valence-electron chi connectivity index (χ4n) is 2.25. The van der Waals surface area contributed by atoms with Crippen molar-refractivity contribution in [3.63, 3.8) is 0 Å². The van der Waals surface area contributed by atoms with Crippen LogP contribution in [0.1, 0.15) is 11.1 Å². The van der Waals surface area contributed by atoms with Gasteiger partial charge in [-0.25, -0.2) is 0 Å². The first-order chi connectivity index (χ1) is 11.5. The topological polar surface area (TPSA) is 59.6 Å². The second-order valence-corrected chi connectivity index (χ2v) is 5.65. The molecule has 0 saturated carbocycles. The molecule has 0 aliphatic carbocycles. The molecule has 0 bridgehead atoms. The van der Waals surface area contributed by atoms with E-state index in [1.807, 2.05) is 37.3 Å². The molecule has 0 heterocycles. The van der Waals surface area contributed by atoms with Gasteiger partial charge in [0.05, 0.1) is 26.5 Å². The zero-order valence-corrected chi connectivity index (χ0v) is 14.7. The Morgan fingerprint density at radius 2 is 1.83 bits per heavy atom. The highest BCUT2D eigenvalue weighted by Crippen LogP contribution is 2.30. The number of carbonyl (C=O) groups excluding carboxylic acids is 1. The summed E-state index contributed by atoms with van der Waals surface area (Å²) in [7, 11) is 3.17. The van der Waals surface area contributed by atoms with Gasteiger partial charge in [-0.05, 0) is 24.6 Å². The van der Waals surface area contributed by atoms with E-state index in [1.54, 1.807) is 20.3 Å². The number of amides is 1. The molecule has 5 nitrogen and oxygen atoms in total. The normalized spacial score (nSPS) is 10.2. The minimum atomic E-state index is -0.129. The highest BCUT2D eigenvalue weighted by Gasteiger charge is 2.09. The molecule has 128 valence electrons. The lowest BCUT2D eigenvalue weighted by Crippen LogP contribution is -2.29. The van der Waals surface area contributed by atoms with Gasteiger partial charge in [-0.3, -0.25) is 4.79 Å². The van der Waals surface area contributed by atoms with E-state index in [2.05, 4.69) is 10.6 Å². The Balaban J connectivity index is 1.93. The van der Waals surface area contributed by atoms with E-state index < -0.39 is 0 Å². The third-order valence-electron chi connectivity index (χ3n) is 3.59. The summed E-state index contributed by atoms with van der Waals surface area (Å²) in [6.45, 7) is 2.43. The first-order valence-corrected chi connectivity index (χ1v) is 7.89. The monoisotopic (exact) mass is 348 g/mol. The van der Waals surface area contributed by atoms with Crippen molar-refractivity contribution in [1.82, 2.24) is 5.32 Å². The molecule has 2 rings (SSSR count). The molecule has 0 fully saturated rings. The van der Waals surface area contributed by atoms with Crippen molar-refractivity contribution in [2.24, 2.45) is 0 Å². The summed E-state index contributed by atoms with van der Waals surface area (Å²) in [4.78, 5) is 12.1. The van der Waals surface area contributed by atoms with Gasteiger partial charge < -0.3 is 20.1 Å². The van der Waals surface area contributed by atoms with Crippen LogP contribution in [-0.4, -0.2) is 26.7 Å². The number of para-hydroxylation sites is 1. The van der Waals surface area contributed by atoms with Gasteiger partial charge in [0, 0.05) is 23.2 Å². The number of benzene rings is 2. The van der Waals surface area contributed by atoms with Crippen molar-refractivity contribution in [2.75, 3.05) is 26.1 Å². The zero-order valence-electron chi connectivity index (χ0n) is 14.0. The van der Waals surface area contributed by atoms with Gasteiger partial charge >= 0.3 is 0 Å². The fourth-order valence-corrected chi connectivity index (χ4v) is 2.40. The molecule has 2 aromatic carbocycles. The van der Waals surface area contributed by atoms with E-state index in [4.69, 9.17) is 21.1 Å². The third kappa shape index (κ3) is 4.55. The summed E-state index contributed by atoms with van der Waals surface area (Å²) in [5, 5.41) is 6.55. The number of carbonyl (C=O) groups is 1. The predicted octanol–water partition coefficient (Wildman–Crippen LogP) is 3.39. The number of nitrogens with one attached hydrogen (secondary N) is 2. The summed E-state index contributed by atoms with van der Waals surface area (Å²) in [5.74, 6) is 1.22. The Morgan fingerprint density at radius 1 is 1.12 bits per heavy atom. The van der Waals surface area contributed by atoms with Gasteiger partial charge in [0.25, 0.3) is 0 Å². The Kier molecular flexibility index (Phi) is 6.32. The molecule has 0 atom stereocenters. The molecule has 1 amide bonds. The zero-order chi connectivity index (χ0) is 17.5. The SMILES string of the molecule is COc1ccccc1CNC(=O)CNc1cc(C)c(Cl)cc1OC.